The van der Waals surface area contributed by atoms with Crippen molar-refractivity contribution in [3.8, 4) is 0 Å². The highest BCUT2D eigenvalue weighted by molar-refractivity contribution is 8.07. The molecule has 2 unspecified atom stereocenters. The predicted octanol–water partition coefficient (Wildman–Crippen LogP) is 0.808. The van der Waals surface area contributed by atoms with Gasteiger partial charge in [0.25, 0.3) is 5.56 Å². The van der Waals surface area contributed by atoms with Crippen LogP contribution in [0.5, 0.6) is 0 Å². The molecule has 1 aromatic heterocycles. The number of aromatic amines is 1. The van der Waals surface area contributed by atoms with Gasteiger partial charge in [0, 0.05) is 25.5 Å². The van der Waals surface area contributed by atoms with E-state index in [0.717, 1.165) is 6.42 Å². The van der Waals surface area contributed by atoms with Crippen molar-refractivity contribution in [1.82, 2.24) is 9.55 Å². The Hall–Kier alpha value is -0.870. The minimum Gasteiger partial charge on any atom is -0.371 e. The number of ether oxygens (including phenoxy) is 2. The van der Waals surface area contributed by atoms with Gasteiger partial charge in [-0.3, -0.25) is 14.3 Å². The van der Waals surface area contributed by atoms with E-state index in [4.69, 9.17) is 30.3 Å². The van der Waals surface area contributed by atoms with E-state index in [0.29, 0.717) is 18.6 Å². The van der Waals surface area contributed by atoms with Crippen molar-refractivity contribution in [3.05, 3.63) is 32.6 Å². The topological polar surface area (TPSA) is 112 Å². The third kappa shape index (κ3) is 5.30. The molecule has 2 rings (SSSR count). The van der Waals surface area contributed by atoms with Crippen molar-refractivity contribution < 1.29 is 23.4 Å². The van der Waals surface area contributed by atoms with Gasteiger partial charge >= 0.3 is 12.4 Å². The third-order valence-electron chi connectivity index (χ3n) is 3.93. The summed E-state index contributed by atoms with van der Waals surface area (Å²) in [7, 11) is 1.26. The first-order chi connectivity index (χ1) is 11.8. The Kier molecular flexibility index (Phi) is 7.10. The molecule has 2 N–H and O–H groups in total. The van der Waals surface area contributed by atoms with Gasteiger partial charge in [-0.2, -0.15) is 0 Å². The summed E-state index contributed by atoms with van der Waals surface area (Å²) in [5.41, 5.74) is -0.702. The van der Waals surface area contributed by atoms with Crippen LogP contribution in [-0.2, 0) is 30.3 Å². The van der Waals surface area contributed by atoms with E-state index in [1.165, 1.54) is 17.9 Å². The summed E-state index contributed by atoms with van der Waals surface area (Å²) in [6, 6.07) is 0. The van der Waals surface area contributed by atoms with Crippen molar-refractivity contribution in [3.63, 3.8) is 0 Å². The first-order valence-corrected chi connectivity index (χ1v) is 10.5. The standard InChI is InChI=1S/C14H23N2O7PS/c1-4-10-5-6-21-11(8-22-24(19,25)20-3)13(23-10)16-7-9(2)12(17)15-14(16)18/h7,10-11,13H,4-6,8H2,1-3H3,(H,19,25)(H,15,17,18)/t10?,11-,13+,24?/m0/s1. The number of hydrogen-bond acceptors (Lipinski definition) is 7. The Bertz CT molecular complexity index is 749. The van der Waals surface area contributed by atoms with E-state index in [1.54, 1.807) is 6.92 Å². The zero-order chi connectivity index (χ0) is 18.6. The molecule has 142 valence electrons. The summed E-state index contributed by atoms with van der Waals surface area (Å²) in [4.78, 5) is 35.9. The second-order valence-corrected chi connectivity index (χ2v) is 8.63. The average Bonchev–Trinajstić information content (AvgIpc) is 2.78. The minimum atomic E-state index is -3.37. The van der Waals surface area contributed by atoms with Crippen LogP contribution in [0.1, 0.15) is 31.6 Å². The molecule has 4 atom stereocenters. The van der Waals surface area contributed by atoms with E-state index in [1.807, 2.05) is 6.92 Å². The number of nitrogens with zero attached hydrogens (tertiary/aromatic N) is 1. The van der Waals surface area contributed by atoms with Crippen molar-refractivity contribution in [2.24, 2.45) is 0 Å². The molecule has 1 aliphatic heterocycles. The molecule has 9 nitrogen and oxygen atoms in total. The van der Waals surface area contributed by atoms with Gasteiger partial charge in [-0.1, -0.05) is 6.92 Å². The molecule has 0 aromatic carbocycles. The van der Waals surface area contributed by atoms with Crippen LogP contribution >= 0.6 is 6.72 Å². The number of rotatable bonds is 6. The highest BCUT2D eigenvalue weighted by Gasteiger charge is 2.33. The number of aryl methyl sites for hydroxylation is 1. The fourth-order valence-electron chi connectivity index (χ4n) is 2.46. The van der Waals surface area contributed by atoms with Crippen LogP contribution in [0.25, 0.3) is 0 Å². The number of nitrogens with one attached hydrogen (secondary N) is 1. The SMILES string of the molecule is CCC1CCO[C@@H](COP(O)(=S)OC)[C@H](n2cc(C)c(=O)[nH]c2=O)O1. The largest absolute Gasteiger partial charge is 0.371 e. The fraction of sp³-hybridized carbons (Fsp3) is 0.714. The lowest BCUT2D eigenvalue weighted by Crippen LogP contribution is -2.41. The van der Waals surface area contributed by atoms with Crippen LogP contribution in [0.2, 0.25) is 0 Å². The minimum absolute atomic E-state index is 0.117. The molecule has 0 aliphatic carbocycles. The first kappa shape index (κ1) is 20.4. The van der Waals surface area contributed by atoms with E-state index in [2.05, 4.69) is 4.98 Å². The highest BCUT2D eigenvalue weighted by Crippen LogP contribution is 2.43. The molecular formula is C14H23N2O7PS. The molecule has 11 heteroatoms. The number of aromatic nitrogens is 2. The van der Waals surface area contributed by atoms with Gasteiger partial charge in [0.1, 0.15) is 6.10 Å². The summed E-state index contributed by atoms with van der Waals surface area (Å²) in [6.07, 6.45) is 1.16. The van der Waals surface area contributed by atoms with Gasteiger partial charge in [-0.15, -0.1) is 0 Å². The maximum Gasteiger partial charge on any atom is 0.330 e. The first-order valence-electron chi connectivity index (χ1n) is 7.89. The summed E-state index contributed by atoms with van der Waals surface area (Å²) in [5, 5.41) is 0. The molecule has 0 saturated carbocycles. The van der Waals surface area contributed by atoms with E-state index < -0.39 is 30.3 Å². The van der Waals surface area contributed by atoms with E-state index >= 15 is 0 Å². The second-order valence-electron chi connectivity index (χ2n) is 5.68. The third-order valence-corrected chi connectivity index (χ3v) is 5.63. The molecule has 0 spiro atoms. The Morgan fingerprint density at radius 3 is 2.88 bits per heavy atom. The normalized spacial score (nSPS) is 26.8. The van der Waals surface area contributed by atoms with Gasteiger partial charge < -0.3 is 23.4 Å². The Morgan fingerprint density at radius 1 is 1.52 bits per heavy atom. The van der Waals surface area contributed by atoms with Crippen molar-refractivity contribution in [1.29, 1.82) is 0 Å². The lowest BCUT2D eigenvalue weighted by atomic mass is 10.2. The van der Waals surface area contributed by atoms with Crippen molar-refractivity contribution in [2.45, 2.75) is 45.1 Å². The molecule has 0 bridgehead atoms. The van der Waals surface area contributed by atoms with Crippen LogP contribution in [-0.4, -0.2) is 47.0 Å². The molecule has 1 saturated heterocycles. The van der Waals surface area contributed by atoms with Gasteiger partial charge in [-0.05, 0) is 31.6 Å². The van der Waals surface area contributed by atoms with Gasteiger partial charge in [-0.25, -0.2) is 4.79 Å². The number of hydrogen-bond donors (Lipinski definition) is 2. The molecule has 2 heterocycles. The van der Waals surface area contributed by atoms with Gasteiger partial charge in [0.05, 0.1) is 12.7 Å². The van der Waals surface area contributed by atoms with Crippen LogP contribution in [0, 0.1) is 6.92 Å². The lowest BCUT2D eigenvalue weighted by Gasteiger charge is -2.28. The average molecular weight is 394 g/mol. The summed E-state index contributed by atoms with van der Waals surface area (Å²) in [6.45, 7) is 0.476. The van der Waals surface area contributed by atoms with Crippen LogP contribution in [0.4, 0.5) is 0 Å². The molecular weight excluding hydrogens is 371 g/mol. The fourth-order valence-corrected chi connectivity index (χ4v) is 3.08. The predicted molar refractivity (Wildman–Crippen MR) is 94.1 cm³/mol. The molecule has 0 radical (unpaired) electrons. The van der Waals surface area contributed by atoms with Crippen molar-refractivity contribution in [2.75, 3.05) is 20.3 Å². The zero-order valence-electron chi connectivity index (χ0n) is 14.3. The van der Waals surface area contributed by atoms with Gasteiger partial charge in [0.2, 0.25) is 0 Å². The maximum absolute atomic E-state index is 12.2. The summed E-state index contributed by atoms with van der Waals surface area (Å²) >= 11 is 4.82. The van der Waals surface area contributed by atoms with Crippen molar-refractivity contribution >= 4 is 18.5 Å². The molecule has 1 aromatic rings. The zero-order valence-corrected chi connectivity index (χ0v) is 16.0. The smallest absolute Gasteiger partial charge is 0.330 e. The van der Waals surface area contributed by atoms with E-state index in [-0.39, 0.29) is 12.7 Å². The molecule has 1 aliphatic rings. The monoisotopic (exact) mass is 394 g/mol. The second kappa shape index (κ2) is 8.68. The Balaban J connectivity index is 2.35. The van der Waals surface area contributed by atoms with Crippen LogP contribution in [0.15, 0.2) is 15.8 Å². The summed E-state index contributed by atoms with van der Waals surface area (Å²) < 4.78 is 23.1. The maximum atomic E-state index is 12.2. The molecule has 25 heavy (non-hydrogen) atoms. The Labute approximate surface area is 150 Å². The van der Waals surface area contributed by atoms with Crippen LogP contribution < -0.4 is 11.2 Å². The lowest BCUT2D eigenvalue weighted by molar-refractivity contribution is -0.117. The van der Waals surface area contributed by atoms with E-state index in [9.17, 15) is 14.5 Å². The number of H-pyrrole nitrogens is 1. The quantitative estimate of drug-likeness (QED) is 0.682. The summed E-state index contributed by atoms with van der Waals surface area (Å²) in [5.74, 6) is 0. The molecule has 1 fully saturated rings. The molecule has 0 amide bonds. The van der Waals surface area contributed by atoms with Crippen LogP contribution in [0.3, 0.4) is 0 Å². The Morgan fingerprint density at radius 2 is 2.24 bits per heavy atom. The highest BCUT2D eigenvalue weighted by atomic mass is 32.5. The van der Waals surface area contributed by atoms with Gasteiger partial charge in [0.15, 0.2) is 6.23 Å².